The summed E-state index contributed by atoms with van der Waals surface area (Å²) in [6, 6.07) is 0.646. The molecule has 1 fully saturated rings. The third kappa shape index (κ3) is 1.42. The van der Waals surface area contributed by atoms with Crippen molar-refractivity contribution in [2.45, 2.75) is 24.8 Å². The maximum absolute atomic E-state index is 13.3. The molecule has 5 heteroatoms. The van der Waals surface area contributed by atoms with E-state index in [4.69, 9.17) is 5.73 Å². The molecule has 0 bridgehead atoms. The fourth-order valence-corrected chi connectivity index (χ4v) is 1.76. The molecule has 0 saturated heterocycles. The summed E-state index contributed by atoms with van der Waals surface area (Å²) in [6.07, 6.45) is 1.68. The molecule has 0 amide bonds. The van der Waals surface area contributed by atoms with E-state index in [2.05, 4.69) is 0 Å². The molecule has 1 aliphatic rings. The maximum atomic E-state index is 13.3. The van der Waals surface area contributed by atoms with Crippen LogP contribution in [0.2, 0.25) is 0 Å². The van der Waals surface area contributed by atoms with Gasteiger partial charge in [0.25, 0.3) is 0 Å². The van der Waals surface area contributed by atoms with E-state index < -0.39 is 28.8 Å². The highest BCUT2D eigenvalue weighted by Gasteiger charge is 2.38. The number of benzene rings is 1. The van der Waals surface area contributed by atoms with Gasteiger partial charge in [-0.15, -0.1) is 0 Å². The van der Waals surface area contributed by atoms with Gasteiger partial charge in [0.1, 0.15) is 0 Å². The van der Waals surface area contributed by atoms with Crippen LogP contribution in [0.15, 0.2) is 6.07 Å². The summed E-state index contributed by atoms with van der Waals surface area (Å²) in [5.41, 5.74) is 4.40. The Morgan fingerprint density at radius 2 is 1.60 bits per heavy atom. The number of rotatable bonds is 1. The van der Waals surface area contributed by atoms with Gasteiger partial charge in [0.05, 0.1) is 0 Å². The minimum Gasteiger partial charge on any atom is -0.321 e. The summed E-state index contributed by atoms with van der Waals surface area (Å²) in [5.74, 6) is -6.36. The summed E-state index contributed by atoms with van der Waals surface area (Å²) in [4.78, 5) is 0. The van der Waals surface area contributed by atoms with Gasteiger partial charge >= 0.3 is 0 Å². The normalized spacial score (nSPS) is 18.7. The molecule has 1 aromatic carbocycles. The van der Waals surface area contributed by atoms with Gasteiger partial charge in [-0.05, 0) is 25.3 Å². The Kier molecular flexibility index (Phi) is 2.22. The van der Waals surface area contributed by atoms with Gasteiger partial charge in [-0.1, -0.05) is 0 Å². The van der Waals surface area contributed by atoms with Gasteiger partial charge in [-0.3, -0.25) is 0 Å². The van der Waals surface area contributed by atoms with Gasteiger partial charge in [-0.2, -0.15) is 0 Å². The Labute approximate surface area is 83.9 Å². The smallest absolute Gasteiger partial charge is 0.197 e. The zero-order valence-corrected chi connectivity index (χ0v) is 7.79. The highest BCUT2D eigenvalue weighted by molar-refractivity contribution is 5.30. The second-order valence-corrected chi connectivity index (χ2v) is 3.86. The van der Waals surface area contributed by atoms with Crippen molar-refractivity contribution in [3.8, 4) is 0 Å². The highest BCUT2D eigenvalue weighted by atomic mass is 19.2. The predicted octanol–water partition coefficient (Wildman–Crippen LogP) is 2.58. The molecule has 1 nitrogen and oxygen atoms in total. The number of hydrogen-bond acceptors (Lipinski definition) is 1. The van der Waals surface area contributed by atoms with Gasteiger partial charge in [0, 0.05) is 11.1 Å². The monoisotopic (exact) mass is 219 g/mol. The van der Waals surface area contributed by atoms with Crippen molar-refractivity contribution in [1.82, 2.24) is 0 Å². The highest BCUT2D eigenvalue weighted by Crippen LogP contribution is 2.40. The number of hydrogen-bond donors (Lipinski definition) is 1. The average Bonchev–Trinajstić information content (AvgIpc) is 2.17. The van der Waals surface area contributed by atoms with Crippen molar-refractivity contribution in [1.29, 1.82) is 0 Å². The van der Waals surface area contributed by atoms with E-state index in [1.165, 1.54) is 0 Å². The second-order valence-electron chi connectivity index (χ2n) is 3.86. The van der Waals surface area contributed by atoms with Crippen LogP contribution in [-0.4, -0.2) is 0 Å². The quantitative estimate of drug-likeness (QED) is 0.438. The van der Waals surface area contributed by atoms with Crippen molar-refractivity contribution in [3.63, 3.8) is 0 Å². The lowest BCUT2D eigenvalue weighted by molar-refractivity contribution is 0.238. The Bertz CT molecular complexity index is 412. The van der Waals surface area contributed by atoms with Crippen LogP contribution in [0.25, 0.3) is 0 Å². The minimum absolute atomic E-state index is 0.273. The predicted molar refractivity (Wildman–Crippen MR) is 46.0 cm³/mol. The molecule has 1 aromatic rings. The minimum atomic E-state index is -1.79. The Morgan fingerprint density at radius 3 is 2.07 bits per heavy atom. The topological polar surface area (TPSA) is 26.0 Å². The molecule has 2 N–H and O–H groups in total. The molecule has 2 rings (SSSR count). The molecule has 15 heavy (non-hydrogen) atoms. The molecule has 0 unspecified atom stereocenters. The first-order chi connectivity index (χ1) is 6.96. The Morgan fingerprint density at radius 1 is 1.00 bits per heavy atom. The van der Waals surface area contributed by atoms with Crippen LogP contribution in [-0.2, 0) is 5.54 Å². The van der Waals surface area contributed by atoms with Gasteiger partial charge in [-0.25, -0.2) is 17.6 Å². The lowest BCUT2D eigenvalue weighted by Crippen LogP contribution is -2.44. The molecule has 0 aromatic heterocycles. The standard InChI is InChI=1S/C10H9F4N/c11-6-4-5(10(15)2-1-3-10)7(12)9(14)8(6)13/h4H,1-3,15H2. The largest absolute Gasteiger partial charge is 0.321 e. The van der Waals surface area contributed by atoms with E-state index in [1.807, 2.05) is 0 Å². The van der Waals surface area contributed by atoms with Crippen molar-refractivity contribution >= 4 is 0 Å². The first-order valence-electron chi connectivity index (χ1n) is 4.58. The number of halogens is 4. The summed E-state index contributed by atoms with van der Waals surface area (Å²) in [5, 5.41) is 0. The molecule has 0 radical (unpaired) electrons. The molecule has 1 aliphatic carbocycles. The van der Waals surface area contributed by atoms with E-state index >= 15 is 0 Å². The van der Waals surface area contributed by atoms with Crippen molar-refractivity contribution in [2.75, 3.05) is 0 Å². The molecule has 0 aliphatic heterocycles. The van der Waals surface area contributed by atoms with Crippen LogP contribution >= 0.6 is 0 Å². The summed E-state index contributed by atoms with van der Waals surface area (Å²) in [7, 11) is 0. The van der Waals surface area contributed by atoms with Crippen LogP contribution in [0, 0.1) is 23.3 Å². The SMILES string of the molecule is NC1(c2cc(F)c(F)c(F)c2F)CCC1. The van der Waals surface area contributed by atoms with Crippen molar-refractivity contribution < 1.29 is 17.6 Å². The lowest BCUT2D eigenvalue weighted by Gasteiger charge is -2.38. The number of nitrogens with two attached hydrogens (primary N) is 1. The fourth-order valence-electron chi connectivity index (χ4n) is 1.76. The van der Waals surface area contributed by atoms with E-state index in [0.717, 1.165) is 6.42 Å². The van der Waals surface area contributed by atoms with E-state index in [0.29, 0.717) is 18.9 Å². The Balaban J connectivity index is 2.58. The molecule has 0 heterocycles. The Hall–Kier alpha value is -1.10. The molecule has 1 saturated carbocycles. The van der Waals surface area contributed by atoms with Crippen LogP contribution in [0.1, 0.15) is 24.8 Å². The van der Waals surface area contributed by atoms with E-state index in [9.17, 15) is 17.6 Å². The van der Waals surface area contributed by atoms with Gasteiger partial charge < -0.3 is 5.73 Å². The van der Waals surface area contributed by atoms with E-state index in [1.54, 1.807) is 0 Å². The molecular formula is C10H9F4N. The molecule has 82 valence electrons. The van der Waals surface area contributed by atoms with Crippen LogP contribution in [0.4, 0.5) is 17.6 Å². The average molecular weight is 219 g/mol. The van der Waals surface area contributed by atoms with Crippen LogP contribution in [0.5, 0.6) is 0 Å². The fraction of sp³-hybridized carbons (Fsp3) is 0.400. The van der Waals surface area contributed by atoms with Gasteiger partial charge in [0.2, 0.25) is 0 Å². The maximum Gasteiger partial charge on any atom is 0.197 e. The zero-order chi connectivity index (χ0) is 11.2. The molecule has 0 spiro atoms. The summed E-state index contributed by atoms with van der Waals surface area (Å²) < 4.78 is 51.7. The first kappa shape index (κ1) is 10.4. The third-order valence-electron chi connectivity index (χ3n) is 2.88. The van der Waals surface area contributed by atoms with Crippen LogP contribution < -0.4 is 5.73 Å². The summed E-state index contributed by atoms with van der Waals surface area (Å²) in [6.45, 7) is 0. The first-order valence-corrected chi connectivity index (χ1v) is 4.58. The molecular weight excluding hydrogens is 210 g/mol. The van der Waals surface area contributed by atoms with E-state index in [-0.39, 0.29) is 5.56 Å². The second kappa shape index (κ2) is 3.20. The van der Waals surface area contributed by atoms with Gasteiger partial charge in [0.15, 0.2) is 23.3 Å². The third-order valence-corrected chi connectivity index (χ3v) is 2.88. The van der Waals surface area contributed by atoms with Crippen molar-refractivity contribution in [2.24, 2.45) is 5.73 Å². The van der Waals surface area contributed by atoms with Crippen LogP contribution in [0.3, 0.4) is 0 Å². The van der Waals surface area contributed by atoms with Crippen molar-refractivity contribution in [3.05, 3.63) is 34.9 Å². The zero-order valence-electron chi connectivity index (χ0n) is 7.79. The molecule has 0 atom stereocenters. The summed E-state index contributed by atoms with van der Waals surface area (Å²) >= 11 is 0. The lowest BCUT2D eigenvalue weighted by atomic mass is 9.72.